The molecule has 5 rings (SSSR count). The van der Waals surface area contributed by atoms with Crippen LogP contribution < -0.4 is 10.2 Å². The van der Waals surface area contributed by atoms with Crippen molar-refractivity contribution >= 4 is 32.8 Å². The zero-order valence-electron chi connectivity index (χ0n) is 18.1. The standard InChI is InChI=1S/C26H31N3OS/c1-19-7-8-21-16-22(18-30)20(17-24(21)27-19)4-3-10-28-11-13-29(14-12-28)25-5-2-6-26-23(25)9-15-31-26/h2,5-6,9,15-17,27,30H,1,3-4,7-8,10-14,18H2. The fraction of sp³-hybridized carbons (Fsp3) is 0.385. The lowest BCUT2D eigenvalue weighted by atomic mass is 9.94. The van der Waals surface area contributed by atoms with Gasteiger partial charge >= 0.3 is 0 Å². The first-order chi connectivity index (χ1) is 15.2. The maximum atomic E-state index is 9.86. The zero-order valence-corrected chi connectivity index (χ0v) is 18.9. The lowest BCUT2D eigenvalue weighted by Crippen LogP contribution is -2.46. The smallest absolute Gasteiger partial charge is 0.0684 e. The van der Waals surface area contributed by atoms with Crippen LogP contribution in [0.4, 0.5) is 11.4 Å². The van der Waals surface area contributed by atoms with Crippen LogP contribution in [0.15, 0.2) is 54.1 Å². The molecule has 162 valence electrons. The predicted molar refractivity (Wildman–Crippen MR) is 132 cm³/mol. The van der Waals surface area contributed by atoms with Gasteiger partial charge in [-0.2, -0.15) is 0 Å². The number of anilines is 2. The Morgan fingerprint density at radius 1 is 1.03 bits per heavy atom. The second-order valence-corrected chi connectivity index (χ2v) is 9.65. The Kier molecular flexibility index (Phi) is 5.99. The van der Waals surface area contributed by atoms with Gasteiger partial charge in [-0.05, 0) is 78.6 Å². The largest absolute Gasteiger partial charge is 0.392 e. The molecule has 1 aromatic heterocycles. The van der Waals surface area contributed by atoms with Crippen molar-refractivity contribution < 1.29 is 5.11 Å². The summed E-state index contributed by atoms with van der Waals surface area (Å²) in [5.41, 5.74) is 7.31. The molecule has 0 spiro atoms. The molecule has 0 unspecified atom stereocenters. The Labute approximate surface area is 188 Å². The number of hydrogen-bond donors (Lipinski definition) is 2. The summed E-state index contributed by atoms with van der Waals surface area (Å²) in [5.74, 6) is 0. The average molecular weight is 434 g/mol. The first-order valence-corrected chi connectivity index (χ1v) is 12.2. The summed E-state index contributed by atoms with van der Waals surface area (Å²) in [7, 11) is 0. The summed E-state index contributed by atoms with van der Waals surface area (Å²) >= 11 is 1.82. The molecule has 0 amide bonds. The van der Waals surface area contributed by atoms with Gasteiger partial charge in [0.15, 0.2) is 0 Å². The van der Waals surface area contributed by atoms with Gasteiger partial charge in [-0.1, -0.05) is 18.7 Å². The quantitative estimate of drug-likeness (QED) is 0.573. The average Bonchev–Trinajstić information content (AvgIpc) is 3.28. The number of aliphatic hydroxyl groups is 1. The number of thiophene rings is 1. The first kappa shape index (κ1) is 20.6. The van der Waals surface area contributed by atoms with Crippen molar-refractivity contribution in [1.82, 2.24) is 4.90 Å². The van der Waals surface area contributed by atoms with Gasteiger partial charge in [0.1, 0.15) is 0 Å². The van der Waals surface area contributed by atoms with Crippen molar-refractivity contribution in [2.75, 3.05) is 42.9 Å². The van der Waals surface area contributed by atoms with Gasteiger partial charge < -0.3 is 15.3 Å². The molecule has 1 saturated heterocycles. The molecule has 2 aliphatic rings. The van der Waals surface area contributed by atoms with E-state index in [4.69, 9.17) is 0 Å². The molecule has 2 aromatic carbocycles. The van der Waals surface area contributed by atoms with E-state index in [9.17, 15) is 5.11 Å². The third-order valence-corrected chi connectivity index (χ3v) is 7.59. The van der Waals surface area contributed by atoms with E-state index in [0.717, 1.165) is 69.7 Å². The van der Waals surface area contributed by atoms with Crippen LogP contribution in [0.25, 0.3) is 10.1 Å². The monoisotopic (exact) mass is 433 g/mol. The SMILES string of the molecule is C=C1CCc2cc(CO)c(CCCN3CCN(c4cccc5sccc45)CC3)cc2N1. The molecule has 3 aromatic rings. The second-order valence-electron chi connectivity index (χ2n) is 8.71. The van der Waals surface area contributed by atoms with Crippen LogP contribution in [0.5, 0.6) is 0 Å². The molecule has 2 aliphatic heterocycles. The number of rotatable bonds is 6. The summed E-state index contributed by atoms with van der Waals surface area (Å²) in [6.07, 6.45) is 4.11. The normalized spacial score (nSPS) is 17.1. The van der Waals surface area contributed by atoms with Crippen LogP contribution in [0.2, 0.25) is 0 Å². The second kappa shape index (κ2) is 9.03. The van der Waals surface area contributed by atoms with Crippen LogP contribution in [0.1, 0.15) is 29.5 Å². The highest BCUT2D eigenvalue weighted by molar-refractivity contribution is 7.17. The molecule has 0 aliphatic carbocycles. The Hall–Kier alpha value is -2.34. The Balaban J connectivity index is 1.17. The predicted octanol–water partition coefficient (Wildman–Crippen LogP) is 5.02. The molecular weight excluding hydrogens is 402 g/mol. The number of fused-ring (bicyclic) bond motifs is 2. The molecule has 5 heteroatoms. The number of hydrogen-bond acceptors (Lipinski definition) is 5. The highest BCUT2D eigenvalue weighted by atomic mass is 32.1. The molecule has 1 fully saturated rings. The van der Waals surface area contributed by atoms with Gasteiger partial charge in [0.25, 0.3) is 0 Å². The number of aryl methyl sites for hydroxylation is 2. The van der Waals surface area contributed by atoms with Crippen LogP contribution in [0, 0.1) is 0 Å². The van der Waals surface area contributed by atoms with Crippen LogP contribution in [-0.4, -0.2) is 42.7 Å². The summed E-state index contributed by atoms with van der Waals surface area (Å²) < 4.78 is 1.38. The summed E-state index contributed by atoms with van der Waals surface area (Å²) in [5, 5.41) is 16.9. The lowest BCUT2D eigenvalue weighted by molar-refractivity contribution is 0.254. The molecular formula is C26H31N3OS. The van der Waals surface area contributed by atoms with E-state index in [-0.39, 0.29) is 6.61 Å². The van der Waals surface area contributed by atoms with E-state index in [1.54, 1.807) is 0 Å². The van der Waals surface area contributed by atoms with Crippen molar-refractivity contribution in [2.24, 2.45) is 0 Å². The molecule has 0 bridgehead atoms. The molecule has 3 heterocycles. The molecule has 4 nitrogen and oxygen atoms in total. The highest BCUT2D eigenvalue weighted by Gasteiger charge is 2.19. The first-order valence-electron chi connectivity index (χ1n) is 11.3. The lowest BCUT2D eigenvalue weighted by Gasteiger charge is -2.36. The topological polar surface area (TPSA) is 38.7 Å². The van der Waals surface area contributed by atoms with Crippen LogP contribution >= 0.6 is 11.3 Å². The van der Waals surface area contributed by atoms with Gasteiger partial charge in [-0.15, -0.1) is 11.3 Å². The minimum atomic E-state index is 0.121. The van der Waals surface area contributed by atoms with E-state index in [1.807, 2.05) is 11.3 Å². The third-order valence-electron chi connectivity index (χ3n) is 6.71. The maximum Gasteiger partial charge on any atom is 0.0684 e. The van der Waals surface area contributed by atoms with Gasteiger partial charge in [-0.3, -0.25) is 4.90 Å². The van der Waals surface area contributed by atoms with Crippen molar-refractivity contribution in [3.8, 4) is 0 Å². The van der Waals surface area contributed by atoms with Crippen molar-refractivity contribution in [2.45, 2.75) is 32.3 Å². The maximum absolute atomic E-state index is 9.86. The minimum absolute atomic E-state index is 0.121. The summed E-state index contributed by atoms with van der Waals surface area (Å²) in [6, 6.07) is 13.3. The Morgan fingerprint density at radius 2 is 1.90 bits per heavy atom. The molecule has 0 atom stereocenters. The van der Waals surface area contributed by atoms with E-state index < -0.39 is 0 Å². The number of piperazine rings is 1. The summed E-state index contributed by atoms with van der Waals surface area (Å²) in [6.45, 7) is 9.70. The Bertz CT molecular complexity index is 1080. The number of aliphatic hydroxyl groups excluding tert-OH is 1. The van der Waals surface area contributed by atoms with Gasteiger partial charge in [0.05, 0.1) is 6.61 Å². The fourth-order valence-corrected chi connectivity index (χ4v) is 5.75. The number of allylic oxidation sites excluding steroid dienone is 1. The van der Waals surface area contributed by atoms with Crippen molar-refractivity contribution in [3.63, 3.8) is 0 Å². The van der Waals surface area contributed by atoms with E-state index in [1.165, 1.54) is 32.6 Å². The van der Waals surface area contributed by atoms with Crippen LogP contribution in [-0.2, 0) is 19.4 Å². The van der Waals surface area contributed by atoms with Crippen molar-refractivity contribution in [3.05, 3.63) is 70.7 Å². The van der Waals surface area contributed by atoms with Crippen molar-refractivity contribution in [1.29, 1.82) is 0 Å². The molecule has 2 N–H and O–H groups in total. The van der Waals surface area contributed by atoms with Gasteiger partial charge in [0, 0.05) is 53.3 Å². The summed E-state index contributed by atoms with van der Waals surface area (Å²) in [4.78, 5) is 5.12. The molecule has 31 heavy (non-hydrogen) atoms. The zero-order chi connectivity index (χ0) is 21.2. The fourth-order valence-electron chi connectivity index (χ4n) is 4.94. The molecule has 0 radical (unpaired) electrons. The van der Waals surface area contributed by atoms with Gasteiger partial charge in [-0.25, -0.2) is 0 Å². The van der Waals surface area contributed by atoms with E-state index in [0.29, 0.717) is 0 Å². The van der Waals surface area contributed by atoms with Gasteiger partial charge in [0.2, 0.25) is 0 Å². The minimum Gasteiger partial charge on any atom is -0.392 e. The Morgan fingerprint density at radius 3 is 2.74 bits per heavy atom. The van der Waals surface area contributed by atoms with E-state index in [2.05, 4.69) is 63.5 Å². The molecule has 0 saturated carbocycles. The highest BCUT2D eigenvalue weighted by Crippen LogP contribution is 2.32. The van der Waals surface area contributed by atoms with E-state index >= 15 is 0 Å². The number of nitrogens with zero attached hydrogens (tertiary/aromatic N) is 2. The number of nitrogens with one attached hydrogen (secondary N) is 1. The third kappa shape index (κ3) is 4.36. The number of benzene rings is 2. The van der Waals surface area contributed by atoms with Crippen LogP contribution in [0.3, 0.4) is 0 Å².